The molecule has 0 aromatic heterocycles. The zero-order chi connectivity index (χ0) is 13.3. The van der Waals surface area contributed by atoms with E-state index in [9.17, 15) is 17.2 Å². The first-order chi connectivity index (χ1) is 8.45. The van der Waals surface area contributed by atoms with Crippen LogP contribution < -0.4 is 4.90 Å². The number of benzene rings is 1. The third-order valence-corrected chi connectivity index (χ3v) is 4.38. The number of nitrogens with zero attached hydrogens (tertiary/aromatic N) is 1. The lowest BCUT2D eigenvalue weighted by Gasteiger charge is -2.40. The van der Waals surface area contributed by atoms with Crippen LogP contribution in [0.3, 0.4) is 0 Å². The van der Waals surface area contributed by atoms with E-state index in [1.807, 2.05) is 4.90 Å². The number of anilines is 1. The fourth-order valence-electron chi connectivity index (χ4n) is 1.85. The van der Waals surface area contributed by atoms with E-state index in [0.29, 0.717) is 13.1 Å². The van der Waals surface area contributed by atoms with Gasteiger partial charge < -0.3 is 10.0 Å². The molecule has 18 heavy (non-hydrogen) atoms. The molecule has 100 valence electrons. The van der Waals surface area contributed by atoms with Crippen LogP contribution in [-0.2, 0) is 9.84 Å². The maximum atomic E-state index is 12.3. The zero-order valence-electron chi connectivity index (χ0n) is 9.46. The molecule has 1 aliphatic heterocycles. The largest absolute Gasteiger partial charge is 0.396 e. The zero-order valence-corrected chi connectivity index (χ0v) is 10.3. The standard InChI is InChI=1S/C11H13F2NO3S/c12-11(13)18(16,17)10-3-1-9(2-4-10)14-5-8(6-14)7-15/h1-4,8,11,15H,5-7H2. The Bertz CT molecular complexity index is 510. The Morgan fingerprint density at radius 1 is 1.28 bits per heavy atom. The first kappa shape index (κ1) is 13.2. The van der Waals surface area contributed by atoms with Crippen molar-refractivity contribution in [3.8, 4) is 0 Å². The predicted molar refractivity (Wildman–Crippen MR) is 62.4 cm³/mol. The summed E-state index contributed by atoms with van der Waals surface area (Å²) < 4.78 is 47.0. The van der Waals surface area contributed by atoms with Gasteiger partial charge in [-0.25, -0.2) is 8.42 Å². The van der Waals surface area contributed by atoms with Crippen LogP contribution in [0.5, 0.6) is 0 Å². The molecule has 1 saturated heterocycles. The molecule has 1 heterocycles. The van der Waals surface area contributed by atoms with Gasteiger partial charge in [0.2, 0.25) is 9.84 Å². The number of aliphatic hydroxyl groups is 1. The van der Waals surface area contributed by atoms with Crippen molar-refractivity contribution in [3.63, 3.8) is 0 Å². The summed E-state index contributed by atoms with van der Waals surface area (Å²) in [7, 11) is -4.52. The molecule has 0 unspecified atom stereocenters. The molecule has 4 nitrogen and oxygen atoms in total. The van der Waals surface area contributed by atoms with E-state index in [-0.39, 0.29) is 17.4 Å². The average Bonchev–Trinajstić information content (AvgIpc) is 2.28. The Morgan fingerprint density at radius 2 is 1.83 bits per heavy atom. The number of alkyl halides is 2. The van der Waals surface area contributed by atoms with E-state index in [0.717, 1.165) is 5.69 Å². The van der Waals surface area contributed by atoms with Crippen molar-refractivity contribution in [2.75, 3.05) is 24.6 Å². The van der Waals surface area contributed by atoms with Gasteiger partial charge in [0.1, 0.15) is 0 Å². The van der Waals surface area contributed by atoms with Gasteiger partial charge in [-0.05, 0) is 24.3 Å². The second-order valence-electron chi connectivity index (χ2n) is 4.25. The van der Waals surface area contributed by atoms with Gasteiger partial charge in [0, 0.05) is 31.3 Å². The normalized spacial score (nSPS) is 17.0. The van der Waals surface area contributed by atoms with Gasteiger partial charge in [-0.15, -0.1) is 0 Å². The van der Waals surface area contributed by atoms with E-state index in [4.69, 9.17) is 5.11 Å². The molecule has 0 bridgehead atoms. The quantitative estimate of drug-likeness (QED) is 0.895. The molecule has 0 aliphatic carbocycles. The Balaban J connectivity index is 2.12. The summed E-state index contributed by atoms with van der Waals surface area (Å²) in [5.74, 6) is -3.17. The fraction of sp³-hybridized carbons (Fsp3) is 0.455. The lowest BCUT2D eigenvalue weighted by atomic mass is 10.0. The molecule has 0 amide bonds. The van der Waals surface area contributed by atoms with Crippen molar-refractivity contribution in [1.82, 2.24) is 0 Å². The maximum absolute atomic E-state index is 12.3. The van der Waals surface area contributed by atoms with Crippen LogP contribution in [0.1, 0.15) is 0 Å². The summed E-state index contributed by atoms with van der Waals surface area (Å²) in [6.07, 6.45) is 0. The van der Waals surface area contributed by atoms with Crippen LogP contribution in [0.2, 0.25) is 0 Å². The van der Waals surface area contributed by atoms with Gasteiger partial charge in [0.05, 0.1) is 4.90 Å². The molecule has 0 atom stereocenters. The second-order valence-corrected chi connectivity index (χ2v) is 6.17. The summed E-state index contributed by atoms with van der Waals surface area (Å²) in [6.45, 7) is 1.50. The molecule has 2 rings (SSSR count). The highest BCUT2D eigenvalue weighted by Gasteiger charge is 2.28. The van der Waals surface area contributed by atoms with E-state index >= 15 is 0 Å². The van der Waals surface area contributed by atoms with Gasteiger partial charge >= 0.3 is 5.76 Å². The summed E-state index contributed by atoms with van der Waals surface area (Å²) in [4.78, 5) is 1.57. The minimum atomic E-state index is -4.52. The van der Waals surface area contributed by atoms with Crippen molar-refractivity contribution < 1.29 is 22.3 Å². The fourth-order valence-corrected chi connectivity index (χ4v) is 2.57. The molecular formula is C11H13F2NO3S. The third kappa shape index (κ3) is 2.32. The molecule has 1 fully saturated rings. The SMILES string of the molecule is O=S(=O)(c1ccc(N2CC(CO)C2)cc1)C(F)F. The highest BCUT2D eigenvalue weighted by atomic mass is 32.2. The van der Waals surface area contributed by atoms with Crippen molar-refractivity contribution in [1.29, 1.82) is 0 Å². The molecule has 1 aromatic carbocycles. The van der Waals surface area contributed by atoms with Crippen LogP contribution in [0, 0.1) is 5.92 Å². The summed E-state index contributed by atoms with van der Waals surface area (Å²) in [5.41, 5.74) is 0.771. The lowest BCUT2D eigenvalue weighted by molar-refractivity contribution is 0.201. The summed E-state index contributed by atoms with van der Waals surface area (Å²) in [5, 5.41) is 8.87. The first-order valence-corrected chi connectivity index (χ1v) is 6.97. The number of hydrogen-bond donors (Lipinski definition) is 1. The Hall–Kier alpha value is -1.21. The molecular weight excluding hydrogens is 264 g/mol. The second kappa shape index (κ2) is 4.81. The molecule has 1 aromatic rings. The highest BCUT2D eigenvalue weighted by molar-refractivity contribution is 7.91. The maximum Gasteiger partial charge on any atom is 0.341 e. The number of sulfone groups is 1. The average molecular weight is 277 g/mol. The number of aliphatic hydroxyl groups excluding tert-OH is 1. The van der Waals surface area contributed by atoms with Crippen LogP contribution in [-0.4, -0.2) is 39.0 Å². The Morgan fingerprint density at radius 3 is 2.28 bits per heavy atom. The first-order valence-electron chi connectivity index (χ1n) is 5.43. The van der Waals surface area contributed by atoms with Gasteiger partial charge in [0.25, 0.3) is 0 Å². The number of halogens is 2. The minimum absolute atomic E-state index is 0.119. The molecule has 0 radical (unpaired) electrons. The van der Waals surface area contributed by atoms with Crippen LogP contribution in [0.4, 0.5) is 14.5 Å². The molecule has 7 heteroatoms. The van der Waals surface area contributed by atoms with Crippen LogP contribution >= 0.6 is 0 Å². The van der Waals surface area contributed by atoms with E-state index in [2.05, 4.69) is 0 Å². The van der Waals surface area contributed by atoms with Crippen molar-refractivity contribution in [2.45, 2.75) is 10.7 Å². The summed E-state index contributed by atoms with van der Waals surface area (Å²) in [6, 6.07) is 5.37. The molecule has 1 aliphatic rings. The van der Waals surface area contributed by atoms with Gasteiger partial charge in [-0.3, -0.25) is 0 Å². The van der Waals surface area contributed by atoms with Crippen molar-refractivity contribution >= 4 is 15.5 Å². The van der Waals surface area contributed by atoms with Gasteiger partial charge in [-0.1, -0.05) is 0 Å². The molecule has 0 spiro atoms. The predicted octanol–water partition coefficient (Wildman–Crippen LogP) is 1.11. The smallest absolute Gasteiger partial charge is 0.341 e. The highest BCUT2D eigenvalue weighted by Crippen LogP contribution is 2.26. The minimum Gasteiger partial charge on any atom is -0.396 e. The molecule has 0 saturated carbocycles. The third-order valence-electron chi connectivity index (χ3n) is 2.98. The van der Waals surface area contributed by atoms with Crippen LogP contribution in [0.25, 0.3) is 0 Å². The van der Waals surface area contributed by atoms with Crippen molar-refractivity contribution in [3.05, 3.63) is 24.3 Å². The van der Waals surface area contributed by atoms with Gasteiger partial charge in [0.15, 0.2) is 0 Å². The monoisotopic (exact) mass is 277 g/mol. The summed E-state index contributed by atoms with van der Waals surface area (Å²) >= 11 is 0. The van der Waals surface area contributed by atoms with E-state index < -0.39 is 15.6 Å². The lowest BCUT2D eigenvalue weighted by Crippen LogP contribution is -2.48. The Kier molecular flexibility index (Phi) is 3.54. The van der Waals surface area contributed by atoms with Gasteiger partial charge in [-0.2, -0.15) is 8.78 Å². The van der Waals surface area contributed by atoms with E-state index in [1.165, 1.54) is 24.3 Å². The molecule has 1 N–H and O–H groups in total. The van der Waals surface area contributed by atoms with Crippen molar-refractivity contribution in [2.24, 2.45) is 5.92 Å². The van der Waals surface area contributed by atoms with Crippen LogP contribution in [0.15, 0.2) is 29.2 Å². The Labute approximate surface area is 104 Å². The van der Waals surface area contributed by atoms with E-state index in [1.54, 1.807) is 0 Å². The topological polar surface area (TPSA) is 57.6 Å². The number of rotatable bonds is 4. The number of hydrogen-bond acceptors (Lipinski definition) is 4.